The normalized spacial score (nSPS) is 19.7. The Kier molecular flexibility index (Phi) is 6.81. The maximum absolute atomic E-state index is 9.78. The molecule has 3 heteroatoms. The van der Waals surface area contributed by atoms with Crippen molar-refractivity contribution in [2.75, 3.05) is 0 Å². The highest BCUT2D eigenvalue weighted by atomic mass is 16.3. The Morgan fingerprint density at radius 1 is 1.13 bits per heavy atom. The average molecular weight is 216 g/mol. The van der Waals surface area contributed by atoms with E-state index in [0.717, 1.165) is 0 Å². The number of rotatable bonds is 7. The van der Waals surface area contributed by atoms with Crippen LogP contribution in [0.25, 0.3) is 0 Å². The van der Waals surface area contributed by atoms with Crippen LogP contribution >= 0.6 is 0 Å². The second kappa shape index (κ2) is 6.99. The molecule has 3 N–H and O–H groups in total. The Labute approximate surface area is 92.4 Å². The van der Waals surface area contributed by atoms with E-state index in [1.54, 1.807) is 13.0 Å². The lowest BCUT2D eigenvalue weighted by atomic mass is 9.87. The smallest absolute Gasteiger partial charge is 0.0615 e. The third-order valence-corrected chi connectivity index (χ3v) is 2.78. The molecule has 0 fully saturated rings. The molecule has 0 heterocycles. The molecule has 0 saturated heterocycles. The molecule has 0 saturated carbocycles. The molecule has 0 aromatic heterocycles. The van der Waals surface area contributed by atoms with Crippen LogP contribution in [0.2, 0.25) is 0 Å². The van der Waals surface area contributed by atoms with Crippen molar-refractivity contribution in [1.82, 2.24) is 0 Å². The number of hydrogen-bond donors (Lipinski definition) is 3. The second-order valence-corrected chi connectivity index (χ2v) is 4.57. The highest BCUT2D eigenvalue weighted by Crippen LogP contribution is 2.19. The van der Waals surface area contributed by atoms with Crippen molar-refractivity contribution in [1.29, 1.82) is 0 Å². The minimum absolute atomic E-state index is 0.117. The van der Waals surface area contributed by atoms with Gasteiger partial charge in [0.05, 0.1) is 18.3 Å². The van der Waals surface area contributed by atoms with E-state index in [2.05, 4.69) is 6.58 Å². The van der Waals surface area contributed by atoms with Gasteiger partial charge in [-0.1, -0.05) is 26.8 Å². The summed E-state index contributed by atoms with van der Waals surface area (Å²) in [4.78, 5) is 0. The molecule has 0 aliphatic carbocycles. The van der Waals surface area contributed by atoms with Gasteiger partial charge in [-0.2, -0.15) is 0 Å². The molecule has 0 unspecified atom stereocenters. The molecule has 0 radical (unpaired) electrons. The summed E-state index contributed by atoms with van der Waals surface area (Å²) in [6.07, 6.45) is 0.618. The van der Waals surface area contributed by atoms with E-state index >= 15 is 0 Å². The maximum atomic E-state index is 9.78. The van der Waals surface area contributed by atoms with Crippen LogP contribution in [-0.4, -0.2) is 33.6 Å². The van der Waals surface area contributed by atoms with Gasteiger partial charge in [0.15, 0.2) is 0 Å². The highest BCUT2D eigenvalue weighted by Gasteiger charge is 2.26. The van der Waals surface area contributed by atoms with Crippen molar-refractivity contribution < 1.29 is 15.3 Å². The fraction of sp³-hybridized carbons (Fsp3) is 0.833. The second-order valence-electron chi connectivity index (χ2n) is 4.57. The molecule has 4 atom stereocenters. The van der Waals surface area contributed by atoms with Crippen LogP contribution in [0.15, 0.2) is 12.7 Å². The fourth-order valence-electron chi connectivity index (χ4n) is 1.62. The minimum Gasteiger partial charge on any atom is -0.393 e. The zero-order valence-corrected chi connectivity index (χ0v) is 9.93. The quantitative estimate of drug-likeness (QED) is 0.563. The Balaban J connectivity index is 4.08. The van der Waals surface area contributed by atoms with Crippen LogP contribution in [-0.2, 0) is 0 Å². The first-order valence-corrected chi connectivity index (χ1v) is 5.55. The van der Waals surface area contributed by atoms with Gasteiger partial charge in [0.1, 0.15) is 0 Å². The molecule has 3 nitrogen and oxygen atoms in total. The molecule has 0 rings (SSSR count). The maximum Gasteiger partial charge on any atom is 0.0615 e. The van der Waals surface area contributed by atoms with Crippen molar-refractivity contribution in [2.24, 2.45) is 11.8 Å². The molecule has 0 amide bonds. The van der Waals surface area contributed by atoms with Gasteiger partial charge in [0.2, 0.25) is 0 Å². The van der Waals surface area contributed by atoms with Crippen molar-refractivity contribution in [3.05, 3.63) is 12.7 Å². The first kappa shape index (κ1) is 14.6. The van der Waals surface area contributed by atoms with Crippen molar-refractivity contribution in [2.45, 2.75) is 51.9 Å². The van der Waals surface area contributed by atoms with E-state index in [-0.39, 0.29) is 18.3 Å². The van der Waals surface area contributed by atoms with E-state index in [1.807, 2.05) is 13.8 Å². The van der Waals surface area contributed by atoms with Gasteiger partial charge in [-0.25, -0.2) is 0 Å². The molecule has 0 aliphatic rings. The lowest BCUT2D eigenvalue weighted by Gasteiger charge is -2.27. The summed E-state index contributed by atoms with van der Waals surface area (Å²) in [5.74, 6) is -0.101. The van der Waals surface area contributed by atoms with Gasteiger partial charge in [0.25, 0.3) is 0 Å². The Hall–Kier alpha value is -0.380. The molecule has 0 aromatic carbocycles. The Morgan fingerprint density at radius 3 is 2.07 bits per heavy atom. The van der Waals surface area contributed by atoms with E-state index < -0.39 is 18.3 Å². The fourth-order valence-corrected chi connectivity index (χ4v) is 1.62. The van der Waals surface area contributed by atoms with Gasteiger partial charge in [-0.05, 0) is 18.8 Å². The first-order chi connectivity index (χ1) is 6.90. The van der Waals surface area contributed by atoms with E-state index in [4.69, 9.17) is 0 Å². The van der Waals surface area contributed by atoms with Crippen LogP contribution in [0.4, 0.5) is 0 Å². The van der Waals surface area contributed by atoms with Crippen LogP contribution < -0.4 is 0 Å². The standard InChI is InChI=1S/C12H24O3/c1-5-6-10(13)7-11(14)9(4)12(15)8(2)3/h5,8-15H,1,6-7H2,2-4H3/t9-,10+,11-,12-/m1/s1. The minimum atomic E-state index is -0.669. The SMILES string of the molecule is C=CC[C@H](O)C[C@@H](O)[C@@H](C)[C@H](O)C(C)C. The van der Waals surface area contributed by atoms with Gasteiger partial charge >= 0.3 is 0 Å². The third-order valence-electron chi connectivity index (χ3n) is 2.78. The van der Waals surface area contributed by atoms with E-state index in [1.165, 1.54) is 0 Å². The van der Waals surface area contributed by atoms with Crippen LogP contribution in [0.5, 0.6) is 0 Å². The summed E-state index contributed by atoms with van der Waals surface area (Å²) in [5, 5.41) is 29.0. The molecule has 0 aromatic rings. The lowest BCUT2D eigenvalue weighted by Crippen LogP contribution is -2.35. The van der Waals surface area contributed by atoms with Gasteiger partial charge in [-0.3, -0.25) is 0 Å². The predicted molar refractivity (Wildman–Crippen MR) is 61.5 cm³/mol. The molecule has 0 aliphatic heterocycles. The Bertz CT molecular complexity index is 180. The molecule has 15 heavy (non-hydrogen) atoms. The van der Waals surface area contributed by atoms with Gasteiger partial charge in [0, 0.05) is 5.92 Å². The summed E-state index contributed by atoms with van der Waals surface area (Å²) in [6, 6.07) is 0. The Morgan fingerprint density at radius 2 is 1.67 bits per heavy atom. The van der Waals surface area contributed by atoms with E-state index in [0.29, 0.717) is 6.42 Å². The van der Waals surface area contributed by atoms with Crippen molar-refractivity contribution in [3.63, 3.8) is 0 Å². The topological polar surface area (TPSA) is 60.7 Å². The lowest BCUT2D eigenvalue weighted by molar-refractivity contribution is -0.0226. The summed E-state index contributed by atoms with van der Waals surface area (Å²) in [5.41, 5.74) is 0. The van der Waals surface area contributed by atoms with Crippen LogP contribution in [0.1, 0.15) is 33.6 Å². The van der Waals surface area contributed by atoms with Crippen molar-refractivity contribution >= 4 is 0 Å². The third kappa shape index (κ3) is 5.30. The monoisotopic (exact) mass is 216 g/mol. The summed E-state index contributed by atoms with van der Waals surface area (Å²) < 4.78 is 0. The zero-order chi connectivity index (χ0) is 12.0. The zero-order valence-electron chi connectivity index (χ0n) is 9.93. The first-order valence-electron chi connectivity index (χ1n) is 5.55. The number of aliphatic hydroxyl groups is 3. The number of hydrogen-bond acceptors (Lipinski definition) is 3. The van der Waals surface area contributed by atoms with Crippen molar-refractivity contribution in [3.8, 4) is 0 Å². The molecule has 90 valence electrons. The van der Waals surface area contributed by atoms with Crippen LogP contribution in [0, 0.1) is 11.8 Å². The van der Waals surface area contributed by atoms with Crippen LogP contribution in [0.3, 0.4) is 0 Å². The summed E-state index contributed by atoms with van der Waals surface area (Å²) in [7, 11) is 0. The summed E-state index contributed by atoms with van der Waals surface area (Å²) >= 11 is 0. The number of aliphatic hydroxyl groups excluding tert-OH is 3. The average Bonchev–Trinajstić information content (AvgIpc) is 2.15. The van der Waals surface area contributed by atoms with Gasteiger partial charge < -0.3 is 15.3 Å². The molecule has 0 bridgehead atoms. The molecule has 0 spiro atoms. The molecular weight excluding hydrogens is 192 g/mol. The van der Waals surface area contributed by atoms with E-state index in [9.17, 15) is 15.3 Å². The largest absolute Gasteiger partial charge is 0.393 e. The van der Waals surface area contributed by atoms with Gasteiger partial charge in [-0.15, -0.1) is 6.58 Å². The predicted octanol–water partition coefficient (Wildman–Crippen LogP) is 1.33. The highest BCUT2D eigenvalue weighted by molar-refractivity contribution is 4.79. The summed E-state index contributed by atoms with van der Waals surface area (Å²) in [6.45, 7) is 9.15. The molecular formula is C12H24O3.